The van der Waals surface area contributed by atoms with E-state index < -0.39 is 6.61 Å². The van der Waals surface area contributed by atoms with Gasteiger partial charge in [0, 0.05) is 0 Å². The van der Waals surface area contributed by atoms with Crippen LogP contribution in [0.2, 0.25) is 0 Å². The van der Waals surface area contributed by atoms with Crippen molar-refractivity contribution in [1.82, 2.24) is 15.4 Å². The van der Waals surface area contributed by atoms with Crippen LogP contribution in [0.5, 0.6) is 5.75 Å². The van der Waals surface area contributed by atoms with Gasteiger partial charge < -0.3 is 4.74 Å². The quantitative estimate of drug-likeness (QED) is 0.753. The van der Waals surface area contributed by atoms with E-state index in [1.165, 1.54) is 12.1 Å². The number of halogens is 2. The van der Waals surface area contributed by atoms with Gasteiger partial charge in [0.1, 0.15) is 11.4 Å². The molecule has 0 fully saturated rings. The number of aromatic amines is 1. The third kappa shape index (κ3) is 5.77. The number of hydrogen-bond donors (Lipinski definition) is 1. The summed E-state index contributed by atoms with van der Waals surface area (Å²) in [5.74, 6) is 0.149. The summed E-state index contributed by atoms with van der Waals surface area (Å²) in [6, 6.07) is 14.4. The fraction of sp³-hybridized carbons (Fsp3) is 0.0556. The number of aromatic nitrogens is 3. The third-order valence-corrected chi connectivity index (χ3v) is 3.20. The molecule has 132 valence electrons. The predicted octanol–water partition coefficient (Wildman–Crippen LogP) is 3.66. The number of alkyl halides is 2. The Bertz CT molecular complexity index is 856. The molecule has 0 saturated heterocycles. The van der Waals surface area contributed by atoms with Gasteiger partial charge in [0.2, 0.25) is 0 Å². The molecular weight excluding hydrogens is 344 g/mol. The van der Waals surface area contributed by atoms with Gasteiger partial charge in [0.25, 0.3) is 0 Å². The predicted molar refractivity (Wildman–Crippen MR) is 88.8 cm³/mol. The van der Waals surface area contributed by atoms with Crippen molar-refractivity contribution in [1.29, 1.82) is 0 Å². The van der Waals surface area contributed by atoms with Crippen LogP contribution in [0.4, 0.5) is 8.78 Å². The maximum Gasteiger partial charge on any atom is 0.387 e. The van der Waals surface area contributed by atoms with E-state index in [0.29, 0.717) is 0 Å². The van der Waals surface area contributed by atoms with Crippen molar-refractivity contribution in [3.05, 3.63) is 66.0 Å². The van der Waals surface area contributed by atoms with E-state index in [2.05, 4.69) is 20.1 Å². The Balaban J connectivity index is 0.000000758. The molecule has 0 spiro atoms. The summed E-state index contributed by atoms with van der Waals surface area (Å²) in [6.07, 6.45) is 5.67. The number of ether oxygens (including phenoxy) is 1. The molecular formula is C18H13F2N3O3. The molecule has 0 aliphatic heterocycles. The summed E-state index contributed by atoms with van der Waals surface area (Å²) in [4.78, 5) is 16.2. The maximum atomic E-state index is 12.1. The van der Waals surface area contributed by atoms with E-state index in [4.69, 9.17) is 9.59 Å². The number of hydrogen-bond acceptors (Lipinski definition) is 5. The maximum absolute atomic E-state index is 12.1. The lowest BCUT2D eigenvalue weighted by Crippen LogP contribution is -2.01. The van der Waals surface area contributed by atoms with Gasteiger partial charge in [-0.05, 0) is 34.9 Å². The standard InChI is InChI=1S/C17H13F2N3O.CO2/c18-17(19)23-16-9-6-14(7-10-16)13-4-1-12(2-5-13)3-8-15-11-20-22-21-15;2-1-3/h1-11,17H,(H,20,21,22);. The molecule has 0 amide bonds. The lowest BCUT2D eigenvalue weighted by atomic mass is 10.0. The third-order valence-electron chi connectivity index (χ3n) is 3.20. The van der Waals surface area contributed by atoms with Crippen LogP contribution in [0, 0.1) is 0 Å². The molecule has 1 heterocycles. The van der Waals surface area contributed by atoms with E-state index in [1.54, 1.807) is 18.3 Å². The van der Waals surface area contributed by atoms with Crippen LogP contribution in [0.25, 0.3) is 23.3 Å². The zero-order valence-corrected chi connectivity index (χ0v) is 13.3. The summed E-state index contributed by atoms with van der Waals surface area (Å²) in [5, 5.41) is 10.2. The first-order chi connectivity index (χ1) is 12.6. The normalized spacial score (nSPS) is 10.3. The van der Waals surface area contributed by atoms with Crippen molar-refractivity contribution >= 4 is 18.3 Å². The lowest BCUT2D eigenvalue weighted by molar-refractivity contribution is -0.191. The molecule has 0 aliphatic rings. The van der Waals surface area contributed by atoms with Crippen molar-refractivity contribution in [3.8, 4) is 16.9 Å². The number of rotatable bonds is 5. The summed E-state index contributed by atoms with van der Waals surface area (Å²) in [6.45, 7) is -2.81. The second-order valence-electron chi connectivity index (χ2n) is 4.84. The summed E-state index contributed by atoms with van der Waals surface area (Å²) >= 11 is 0. The summed E-state index contributed by atoms with van der Waals surface area (Å²) < 4.78 is 28.6. The zero-order valence-electron chi connectivity index (χ0n) is 13.3. The minimum atomic E-state index is -2.81. The Kier molecular flexibility index (Phi) is 6.91. The van der Waals surface area contributed by atoms with Gasteiger partial charge in [-0.1, -0.05) is 42.5 Å². The van der Waals surface area contributed by atoms with Crippen molar-refractivity contribution in [2.45, 2.75) is 6.61 Å². The molecule has 0 atom stereocenters. The van der Waals surface area contributed by atoms with Crippen molar-refractivity contribution < 1.29 is 23.1 Å². The van der Waals surface area contributed by atoms with Crippen LogP contribution in [-0.4, -0.2) is 28.2 Å². The number of carbonyl (C=O) groups excluding carboxylic acids is 2. The molecule has 6 nitrogen and oxygen atoms in total. The SMILES string of the molecule is FC(F)Oc1ccc(-c2ccc(C=Cc3cn[nH]n3)cc2)cc1.O=C=O. The van der Waals surface area contributed by atoms with E-state index in [0.717, 1.165) is 22.4 Å². The van der Waals surface area contributed by atoms with E-state index >= 15 is 0 Å². The molecule has 3 aromatic rings. The minimum Gasteiger partial charge on any atom is -0.435 e. The number of benzene rings is 2. The van der Waals surface area contributed by atoms with Crippen LogP contribution >= 0.6 is 0 Å². The highest BCUT2D eigenvalue weighted by Gasteiger charge is 2.04. The van der Waals surface area contributed by atoms with Crippen LogP contribution in [0.3, 0.4) is 0 Å². The topological polar surface area (TPSA) is 84.9 Å². The molecule has 0 radical (unpaired) electrons. The van der Waals surface area contributed by atoms with E-state index in [1.807, 2.05) is 36.4 Å². The van der Waals surface area contributed by atoms with E-state index in [-0.39, 0.29) is 11.9 Å². The summed E-state index contributed by atoms with van der Waals surface area (Å²) in [5.41, 5.74) is 3.70. The molecule has 0 saturated carbocycles. The van der Waals surface area contributed by atoms with Gasteiger partial charge >= 0.3 is 12.8 Å². The monoisotopic (exact) mass is 357 g/mol. The van der Waals surface area contributed by atoms with Crippen molar-refractivity contribution in [3.63, 3.8) is 0 Å². The Morgan fingerprint density at radius 3 is 2.04 bits per heavy atom. The highest BCUT2D eigenvalue weighted by atomic mass is 19.3. The molecule has 1 aromatic heterocycles. The molecule has 3 rings (SSSR count). The first-order valence-corrected chi connectivity index (χ1v) is 7.31. The number of nitrogens with one attached hydrogen (secondary N) is 1. The van der Waals surface area contributed by atoms with Gasteiger partial charge in [-0.3, -0.25) is 0 Å². The second-order valence-corrected chi connectivity index (χ2v) is 4.84. The average molecular weight is 357 g/mol. The summed E-state index contributed by atoms with van der Waals surface area (Å²) in [7, 11) is 0. The van der Waals surface area contributed by atoms with E-state index in [9.17, 15) is 8.78 Å². The van der Waals surface area contributed by atoms with Crippen LogP contribution in [-0.2, 0) is 9.59 Å². The first-order valence-electron chi connectivity index (χ1n) is 7.31. The van der Waals surface area contributed by atoms with Crippen LogP contribution < -0.4 is 4.74 Å². The second kappa shape index (κ2) is 9.61. The minimum absolute atomic E-state index is 0.149. The fourth-order valence-electron chi connectivity index (χ4n) is 2.09. The molecule has 26 heavy (non-hydrogen) atoms. The fourth-order valence-corrected chi connectivity index (χ4v) is 2.09. The first kappa shape index (κ1) is 18.7. The number of nitrogens with zero attached hydrogens (tertiary/aromatic N) is 2. The largest absolute Gasteiger partial charge is 0.435 e. The molecule has 0 bridgehead atoms. The van der Waals surface area contributed by atoms with Gasteiger partial charge in [0.15, 0.2) is 0 Å². The van der Waals surface area contributed by atoms with Crippen LogP contribution in [0.1, 0.15) is 11.3 Å². The average Bonchev–Trinajstić information content (AvgIpc) is 3.15. The Morgan fingerprint density at radius 1 is 0.962 bits per heavy atom. The smallest absolute Gasteiger partial charge is 0.387 e. The molecule has 2 aromatic carbocycles. The van der Waals surface area contributed by atoms with Crippen molar-refractivity contribution in [2.75, 3.05) is 0 Å². The molecule has 0 aliphatic carbocycles. The van der Waals surface area contributed by atoms with Gasteiger partial charge in [0.05, 0.1) is 6.20 Å². The highest BCUT2D eigenvalue weighted by Crippen LogP contribution is 2.24. The van der Waals surface area contributed by atoms with Gasteiger partial charge in [-0.15, -0.1) is 0 Å². The number of H-pyrrole nitrogens is 1. The van der Waals surface area contributed by atoms with Gasteiger partial charge in [-0.2, -0.15) is 33.8 Å². The van der Waals surface area contributed by atoms with Crippen molar-refractivity contribution in [2.24, 2.45) is 0 Å². The Labute approximate surface area is 147 Å². The highest BCUT2D eigenvalue weighted by molar-refractivity contribution is 5.71. The Morgan fingerprint density at radius 2 is 1.54 bits per heavy atom. The molecule has 8 heteroatoms. The molecule has 1 N–H and O–H groups in total. The Hall–Kier alpha value is -3.64. The molecule has 0 unspecified atom stereocenters. The zero-order chi connectivity index (χ0) is 18.8. The lowest BCUT2D eigenvalue weighted by Gasteiger charge is -2.06. The van der Waals surface area contributed by atoms with Crippen LogP contribution in [0.15, 0.2) is 54.7 Å². The van der Waals surface area contributed by atoms with Gasteiger partial charge in [-0.25, -0.2) is 0 Å².